The number of aliphatic hydroxyl groups excluding tert-OH is 5. The Morgan fingerprint density at radius 2 is 1.44 bits per heavy atom. The monoisotopic (exact) mass is 497 g/mol. The van der Waals surface area contributed by atoms with Gasteiger partial charge in [-0.15, -0.1) is 0 Å². The molecule has 0 aliphatic heterocycles. The van der Waals surface area contributed by atoms with Crippen molar-refractivity contribution in [3.63, 3.8) is 0 Å². The van der Waals surface area contributed by atoms with Gasteiger partial charge in [0.25, 0.3) is 11.5 Å². The number of carbonyl (C=O) groups is 1. The zero-order chi connectivity index (χ0) is 26.4. The molecule has 0 radical (unpaired) electrons. The van der Waals surface area contributed by atoms with E-state index in [1.807, 2.05) is 36.4 Å². The maximum atomic E-state index is 13.7. The highest BCUT2D eigenvalue weighted by Gasteiger charge is 2.33. The van der Waals surface area contributed by atoms with Crippen molar-refractivity contribution < 1.29 is 30.3 Å². The second-order valence-electron chi connectivity index (χ2n) is 8.44. The standard InChI is InChI=1S/C26H31N3O7/c1-3-29-26(36)21(25(35)28(2)14-18(31)23(33)24(34)19(32)15-30)20(16-10-6-4-7-11-16)22(27-29)17-12-8-5-9-13-17/h4-13,18-19,23-24,30-34H,3,14-15H2,1-2H3. The molecule has 1 amide bonds. The van der Waals surface area contributed by atoms with E-state index < -0.39 is 49.0 Å². The van der Waals surface area contributed by atoms with Crippen molar-refractivity contribution in [3.05, 3.63) is 76.6 Å². The first kappa shape index (κ1) is 27.2. The molecule has 5 N–H and O–H groups in total. The topological polar surface area (TPSA) is 156 Å². The van der Waals surface area contributed by atoms with Crippen molar-refractivity contribution in [1.82, 2.24) is 14.7 Å². The summed E-state index contributed by atoms with van der Waals surface area (Å²) in [5.41, 5.74) is 1.30. The van der Waals surface area contributed by atoms with Crippen LogP contribution in [0.1, 0.15) is 17.3 Å². The van der Waals surface area contributed by atoms with Crippen LogP contribution < -0.4 is 5.56 Å². The molecule has 3 rings (SSSR count). The molecule has 10 heteroatoms. The third-order valence-electron chi connectivity index (χ3n) is 5.91. The molecule has 0 spiro atoms. The number of rotatable bonds is 10. The lowest BCUT2D eigenvalue weighted by Gasteiger charge is -2.29. The molecule has 4 atom stereocenters. The zero-order valence-corrected chi connectivity index (χ0v) is 20.1. The van der Waals surface area contributed by atoms with E-state index in [-0.39, 0.29) is 12.1 Å². The van der Waals surface area contributed by atoms with Crippen LogP contribution in [0.25, 0.3) is 22.4 Å². The van der Waals surface area contributed by atoms with Crippen LogP contribution in [-0.4, -0.2) is 90.7 Å². The van der Waals surface area contributed by atoms with Gasteiger partial charge in [0.2, 0.25) is 0 Å². The number of likely N-dealkylation sites (N-methyl/N-ethyl adjacent to an activating group) is 1. The number of hydrogen-bond donors (Lipinski definition) is 5. The van der Waals surface area contributed by atoms with Crippen LogP contribution in [0, 0.1) is 0 Å². The summed E-state index contributed by atoms with van der Waals surface area (Å²) in [7, 11) is 1.35. The molecule has 192 valence electrons. The molecule has 2 aromatic carbocycles. The molecule has 1 aromatic heterocycles. The maximum absolute atomic E-state index is 13.7. The first-order chi connectivity index (χ1) is 17.2. The highest BCUT2D eigenvalue weighted by molar-refractivity contribution is 6.03. The van der Waals surface area contributed by atoms with Gasteiger partial charge in [0.15, 0.2) is 0 Å². The van der Waals surface area contributed by atoms with Crippen molar-refractivity contribution in [1.29, 1.82) is 0 Å². The van der Waals surface area contributed by atoms with Gasteiger partial charge < -0.3 is 30.4 Å². The van der Waals surface area contributed by atoms with Gasteiger partial charge in [0, 0.05) is 31.3 Å². The lowest BCUT2D eigenvalue weighted by Crippen LogP contribution is -2.50. The Bertz CT molecular complexity index is 1220. The Kier molecular flexibility index (Phi) is 9.08. The predicted octanol–water partition coefficient (Wildman–Crippen LogP) is 0.105. The molecule has 4 unspecified atom stereocenters. The second kappa shape index (κ2) is 12.0. The summed E-state index contributed by atoms with van der Waals surface area (Å²) < 4.78 is 1.20. The normalized spacial score (nSPS) is 14.6. The Labute approximate surface area is 208 Å². The molecule has 0 bridgehead atoms. The van der Waals surface area contributed by atoms with Gasteiger partial charge in [-0.2, -0.15) is 5.10 Å². The van der Waals surface area contributed by atoms with Gasteiger partial charge in [-0.1, -0.05) is 60.7 Å². The van der Waals surface area contributed by atoms with Crippen LogP contribution >= 0.6 is 0 Å². The second-order valence-corrected chi connectivity index (χ2v) is 8.44. The van der Waals surface area contributed by atoms with Gasteiger partial charge in [0.1, 0.15) is 30.0 Å². The average Bonchev–Trinajstić information content (AvgIpc) is 2.91. The smallest absolute Gasteiger partial charge is 0.280 e. The van der Waals surface area contributed by atoms with Crippen LogP contribution in [0.4, 0.5) is 0 Å². The molecule has 0 saturated heterocycles. The van der Waals surface area contributed by atoms with E-state index in [0.717, 1.165) is 4.90 Å². The van der Waals surface area contributed by atoms with Gasteiger partial charge in [-0.25, -0.2) is 4.68 Å². The SMILES string of the molecule is CCn1nc(-c2ccccc2)c(-c2ccccc2)c(C(=O)N(C)CC(O)C(O)C(O)C(O)CO)c1=O. The first-order valence-corrected chi connectivity index (χ1v) is 11.6. The number of amides is 1. The van der Waals surface area contributed by atoms with E-state index >= 15 is 0 Å². The Balaban J connectivity index is 2.11. The third-order valence-corrected chi connectivity index (χ3v) is 5.91. The van der Waals surface area contributed by atoms with E-state index in [0.29, 0.717) is 22.4 Å². The minimum atomic E-state index is -1.85. The van der Waals surface area contributed by atoms with Crippen LogP contribution in [0.5, 0.6) is 0 Å². The lowest BCUT2D eigenvalue weighted by atomic mass is 9.94. The van der Waals surface area contributed by atoms with Gasteiger partial charge in [-0.05, 0) is 12.5 Å². The van der Waals surface area contributed by atoms with E-state index in [1.165, 1.54) is 11.7 Å². The molecule has 0 aliphatic carbocycles. The summed E-state index contributed by atoms with van der Waals surface area (Å²) in [6.07, 6.45) is -7.03. The minimum Gasteiger partial charge on any atom is -0.394 e. The summed E-state index contributed by atoms with van der Waals surface area (Å²) in [6.45, 7) is 0.662. The molecular weight excluding hydrogens is 466 g/mol. The fourth-order valence-electron chi connectivity index (χ4n) is 3.89. The van der Waals surface area contributed by atoms with Crippen LogP contribution in [-0.2, 0) is 6.54 Å². The van der Waals surface area contributed by atoms with Gasteiger partial charge >= 0.3 is 0 Å². The Morgan fingerprint density at radius 1 is 0.917 bits per heavy atom. The molecule has 0 saturated carbocycles. The molecule has 0 fully saturated rings. The molecular formula is C26H31N3O7. The van der Waals surface area contributed by atoms with Gasteiger partial charge in [-0.3, -0.25) is 9.59 Å². The number of aryl methyl sites for hydroxylation is 1. The van der Waals surface area contributed by atoms with Crippen molar-refractivity contribution in [2.75, 3.05) is 20.2 Å². The molecule has 3 aromatic rings. The minimum absolute atomic E-state index is 0.156. The van der Waals surface area contributed by atoms with E-state index in [9.17, 15) is 30.0 Å². The van der Waals surface area contributed by atoms with Crippen molar-refractivity contribution >= 4 is 5.91 Å². The molecule has 1 heterocycles. The van der Waals surface area contributed by atoms with Gasteiger partial charge in [0.05, 0.1) is 12.3 Å². The maximum Gasteiger partial charge on any atom is 0.280 e. The number of hydrogen-bond acceptors (Lipinski definition) is 8. The predicted molar refractivity (Wildman–Crippen MR) is 133 cm³/mol. The van der Waals surface area contributed by atoms with Crippen molar-refractivity contribution in [2.24, 2.45) is 0 Å². The highest BCUT2D eigenvalue weighted by atomic mass is 16.4. The average molecular weight is 498 g/mol. The molecule has 36 heavy (non-hydrogen) atoms. The number of aromatic nitrogens is 2. The zero-order valence-electron chi connectivity index (χ0n) is 20.1. The van der Waals surface area contributed by atoms with E-state index in [2.05, 4.69) is 5.10 Å². The number of benzene rings is 2. The fraction of sp³-hybridized carbons (Fsp3) is 0.346. The van der Waals surface area contributed by atoms with Crippen LogP contribution in [0.3, 0.4) is 0 Å². The van der Waals surface area contributed by atoms with Crippen LogP contribution in [0.15, 0.2) is 65.5 Å². The summed E-state index contributed by atoms with van der Waals surface area (Å²) in [4.78, 5) is 28.1. The highest BCUT2D eigenvalue weighted by Crippen LogP contribution is 2.32. The fourth-order valence-corrected chi connectivity index (χ4v) is 3.89. The number of nitrogens with zero attached hydrogens (tertiary/aromatic N) is 3. The van der Waals surface area contributed by atoms with Crippen LogP contribution in [0.2, 0.25) is 0 Å². The summed E-state index contributed by atoms with van der Waals surface area (Å²) in [6, 6.07) is 18.0. The Morgan fingerprint density at radius 3 is 1.97 bits per heavy atom. The number of carbonyl (C=O) groups excluding carboxylic acids is 1. The Hall–Kier alpha value is -3.41. The van der Waals surface area contributed by atoms with Crippen molar-refractivity contribution in [3.8, 4) is 22.4 Å². The summed E-state index contributed by atoms with van der Waals surface area (Å²) in [5.74, 6) is -0.718. The molecule has 10 nitrogen and oxygen atoms in total. The van der Waals surface area contributed by atoms with E-state index in [4.69, 9.17) is 5.11 Å². The quantitative estimate of drug-likeness (QED) is 0.264. The summed E-state index contributed by atoms with van der Waals surface area (Å²) >= 11 is 0. The van der Waals surface area contributed by atoms with Crippen molar-refractivity contribution in [2.45, 2.75) is 37.9 Å². The lowest BCUT2D eigenvalue weighted by molar-refractivity contribution is -0.117. The largest absolute Gasteiger partial charge is 0.394 e. The summed E-state index contributed by atoms with van der Waals surface area (Å²) in [5, 5.41) is 53.6. The van der Waals surface area contributed by atoms with E-state index in [1.54, 1.807) is 31.2 Å². The third kappa shape index (κ3) is 5.69. The number of aliphatic hydroxyl groups is 5. The molecule has 0 aliphatic rings. The first-order valence-electron chi connectivity index (χ1n) is 11.6.